The number of rotatable bonds is 3. The van der Waals surface area contributed by atoms with E-state index in [9.17, 15) is 9.90 Å². The van der Waals surface area contributed by atoms with Gasteiger partial charge in [0, 0.05) is 13.1 Å². The van der Waals surface area contributed by atoms with Crippen molar-refractivity contribution < 1.29 is 9.90 Å². The van der Waals surface area contributed by atoms with Crippen LogP contribution in [0.2, 0.25) is 0 Å². The minimum absolute atomic E-state index is 0.238. The number of carbonyl (C=O) groups excluding carboxylic acids is 1. The highest BCUT2D eigenvalue weighted by Crippen LogP contribution is 2.27. The fourth-order valence-corrected chi connectivity index (χ4v) is 1.43. The molecule has 0 aliphatic carbocycles. The molecule has 0 radical (unpaired) electrons. The second-order valence-electron chi connectivity index (χ2n) is 3.87. The van der Waals surface area contributed by atoms with E-state index in [1.165, 1.54) is 0 Å². The molecule has 0 unspecified atom stereocenters. The van der Waals surface area contributed by atoms with Gasteiger partial charge in [0.25, 0.3) is 0 Å². The lowest BCUT2D eigenvalue weighted by Crippen LogP contribution is -2.65. The molecule has 4 heteroatoms. The van der Waals surface area contributed by atoms with E-state index in [0.717, 1.165) is 0 Å². The van der Waals surface area contributed by atoms with E-state index in [2.05, 4.69) is 0 Å². The maximum Gasteiger partial charge on any atom is 0.231 e. The van der Waals surface area contributed by atoms with Crippen LogP contribution in [0, 0.1) is 5.92 Å². The maximum absolute atomic E-state index is 10.5. The summed E-state index contributed by atoms with van der Waals surface area (Å²) in [5.41, 5.74) is 4.40. The molecule has 1 heterocycles. The summed E-state index contributed by atoms with van der Waals surface area (Å²) >= 11 is 0. The average Bonchev–Trinajstić information content (AvgIpc) is 1.82. The Balaban J connectivity index is 2.32. The zero-order chi connectivity index (χ0) is 9.35. The van der Waals surface area contributed by atoms with Crippen molar-refractivity contribution in [1.82, 2.24) is 4.90 Å². The number of aliphatic hydroxyl groups is 1. The monoisotopic (exact) mass is 172 g/mol. The number of hydrogen-bond donors (Lipinski definition) is 2. The number of β-amino-alcohol motifs (C(OH)–C–C–N with tert-alkyl or cyclic N) is 1. The summed E-state index contributed by atoms with van der Waals surface area (Å²) in [6, 6.07) is 0. The Morgan fingerprint density at radius 3 is 2.50 bits per heavy atom. The molecule has 4 nitrogen and oxygen atoms in total. The molecule has 0 saturated carbocycles. The first-order valence-electron chi connectivity index (χ1n) is 4.17. The molecule has 1 saturated heterocycles. The van der Waals surface area contributed by atoms with Gasteiger partial charge in [-0.2, -0.15) is 0 Å². The molecule has 0 aromatic carbocycles. The highest BCUT2D eigenvalue weighted by Gasteiger charge is 2.43. The lowest BCUT2D eigenvalue weighted by Gasteiger charge is -2.48. The Morgan fingerprint density at radius 2 is 2.17 bits per heavy atom. The molecular weight excluding hydrogens is 156 g/mol. The predicted molar refractivity (Wildman–Crippen MR) is 45.4 cm³/mol. The van der Waals surface area contributed by atoms with E-state index in [4.69, 9.17) is 5.73 Å². The lowest BCUT2D eigenvalue weighted by atomic mass is 9.83. The standard InChI is InChI=1S/C8H16N2O2/c1-6(2)8(12)4-10(5-8)3-7(9)11/h6,12H,3-5H2,1-2H3,(H2,9,11). The van der Waals surface area contributed by atoms with Crippen molar-refractivity contribution in [1.29, 1.82) is 0 Å². The summed E-state index contributed by atoms with van der Waals surface area (Å²) in [6.07, 6.45) is 0. The summed E-state index contributed by atoms with van der Waals surface area (Å²) in [7, 11) is 0. The van der Waals surface area contributed by atoms with E-state index >= 15 is 0 Å². The quantitative estimate of drug-likeness (QED) is 0.584. The molecule has 1 fully saturated rings. The molecule has 3 N–H and O–H groups in total. The zero-order valence-electron chi connectivity index (χ0n) is 7.58. The average molecular weight is 172 g/mol. The molecule has 0 bridgehead atoms. The van der Waals surface area contributed by atoms with E-state index in [1.807, 2.05) is 18.7 Å². The van der Waals surface area contributed by atoms with Gasteiger partial charge in [-0.25, -0.2) is 0 Å². The Morgan fingerprint density at radius 1 is 1.67 bits per heavy atom. The molecule has 0 aromatic heterocycles. The van der Waals surface area contributed by atoms with Gasteiger partial charge in [0.2, 0.25) is 5.91 Å². The number of likely N-dealkylation sites (tertiary alicyclic amines) is 1. The minimum Gasteiger partial charge on any atom is -0.387 e. The SMILES string of the molecule is CC(C)C1(O)CN(CC(N)=O)C1. The molecule has 1 rings (SSSR count). The second-order valence-corrected chi connectivity index (χ2v) is 3.87. The third-order valence-corrected chi connectivity index (χ3v) is 2.45. The van der Waals surface area contributed by atoms with Crippen LogP contribution in [0.3, 0.4) is 0 Å². The van der Waals surface area contributed by atoms with Gasteiger partial charge in [-0.15, -0.1) is 0 Å². The van der Waals surface area contributed by atoms with Gasteiger partial charge in [0.05, 0.1) is 12.1 Å². The summed E-state index contributed by atoms with van der Waals surface area (Å²) in [4.78, 5) is 12.3. The molecule has 1 aliphatic rings. The topological polar surface area (TPSA) is 66.6 Å². The second kappa shape index (κ2) is 3.03. The fourth-order valence-electron chi connectivity index (χ4n) is 1.43. The summed E-state index contributed by atoms with van der Waals surface area (Å²) < 4.78 is 0. The highest BCUT2D eigenvalue weighted by atomic mass is 16.3. The summed E-state index contributed by atoms with van der Waals surface area (Å²) in [5, 5.41) is 9.78. The molecule has 70 valence electrons. The van der Waals surface area contributed by atoms with Crippen molar-refractivity contribution in [2.75, 3.05) is 19.6 Å². The maximum atomic E-state index is 10.5. The first kappa shape index (κ1) is 9.48. The molecule has 1 amide bonds. The van der Waals surface area contributed by atoms with E-state index < -0.39 is 5.60 Å². The van der Waals surface area contributed by atoms with Gasteiger partial charge in [-0.05, 0) is 5.92 Å². The normalized spacial score (nSPS) is 22.3. The summed E-state index contributed by atoms with van der Waals surface area (Å²) in [5.74, 6) is -0.0950. The largest absolute Gasteiger partial charge is 0.387 e. The third kappa shape index (κ3) is 1.76. The van der Waals surface area contributed by atoms with Gasteiger partial charge < -0.3 is 10.8 Å². The van der Waals surface area contributed by atoms with E-state index in [1.54, 1.807) is 0 Å². The Bertz CT molecular complexity index is 185. The number of nitrogens with zero attached hydrogens (tertiary/aromatic N) is 1. The molecule has 1 aliphatic heterocycles. The van der Waals surface area contributed by atoms with Crippen molar-refractivity contribution in [3.05, 3.63) is 0 Å². The van der Waals surface area contributed by atoms with Gasteiger partial charge in [0.15, 0.2) is 0 Å². The zero-order valence-corrected chi connectivity index (χ0v) is 7.58. The Labute approximate surface area is 72.3 Å². The molecule has 0 aromatic rings. The van der Waals surface area contributed by atoms with Crippen LogP contribution >= 0.6 is 0 Å². The first-order chi connectivity index (χ1) is 5.44. The van der Waals surface area contributed by atoms with Crippen molar-refractivity contribution in [3.63, 3.8) is 0 Å². The minimum atomic E-state index is -0.602. The van der Waals surface area contributed by atoms with Crippen LogP contribution in [0.15, 0.2) is 0 Å². The summed E-state index contributed by atoms with van der Waals surface area (Å²) in [6.45, 7) is 5.33. The van der Waals surface area contributed by atoms with Crippen LogP contribution < -0.4 is 5.73 Å². The number of nitrogens with two attached hydrogens (primary N) is 1. The smallest absolute Gasteiger partial charge is 0.231 e. The van der Waals surface area contributed by atoms with Crippen LogP contribution in [0.5, 0.6) is 0 Å². The van der Waals surface area contributed by atoms with Gasteiger partial charge in [-0.3, -0.25) is 9.69 Å². The molecular formula is C8H16N2O2. The predicted octanol–water partition coefficient (Wildman–Crippen LogP) is -0.826. The number of carbonyl (C=O) groups is 1. The van der Waals surface area contributed by atoms with Crippen LogP contribution in [-0.4, -0.2) is 41.1 Å². The molecule has 12 heavy (non-hydrogen) atoms. The van der Waals surface area contributed by atoms with Crippen LogP contribution in [0.4, 0.5) is 0 Å². The fraction of sp³-hybridized carbons (Fsp3) is 0.875. The Hall–Kier alpha value is -0.610. The molecule has 0 atom stereocenters. The van der Waals surface area contributed by atoms with E-state index in [0.29, 0.717) is 13.1 Å². The van der Waals surface area contributed by atoms with Crippen molar-refractivity contribution >= 4 is 5.91 Å². The number of amides is 1. The van der Waals surface area contributed by atoms with Gasteiger partial charge in [-0.1, -0.05) is 13.8 Å². The van der Waals surface area contributed by atoms with Crippen molar-refractivity contribution in [2.24, 2.45) is 11.7 Å². The number of primary amides is 1. The highest BCUT2D eigenvalue weighted by molar-refractivity contribution is 5.76. The third-order valence-electron chi connectivity index (χ3n) is 2.45. The molecule has 0 spiro atoms. The van der Waals surface area contributed by atoms with Crippen molar-refractivity contribution in [3.8, 4) is 0 Å². The van der Waals surface area contributed by atoms with Crippen LogP contribution in [-0.2, 0) is 4.79 Å². The number of hydrogen-bond acceptors (Lipinski definition) is 3. The van der Waals surface area contributed by atoms with E-state index in [-0.39, 0.29) is 18.4 Å². The lowest BCUT2D eigenvalue weighted by molar-refractivity contribution is -0.140. The first-order valence-corrected chi connectivity index (χ1v) is 4.17. The van der Waals surface area contributed by atoms with Gasteiger partial charge in [0.1, 0.15) is 0 Å². The van der Waals surface area contributed by atoms with Crippen LogP contribution in [0.25, 0.3) is 0 Å². The van der Waals surface area contributed by atoms with Crippen molar-refractivity contribution in [2.45, 2.75) is 19.4 Å². The Kier molecular flexibility index (Phi) is 2.39. The van der Waals surface area contributed by atoms with Gasteiger partial charge >= 0.3 is 0 Å². The van der Waals surface area contributed by atoms with Crippen LogP contribution in [0.1, 0.15) is 13.8 Å².